The van der Waals surface area contributed by atoms with E-state index in [-0.39, 0.29) is 185 Å². The van der Waals surface area contributed by atoms with Crippen LogP contribution >= 0.6 is 32.9 Å². The molecule has 0 rings (SSSR count). The summed E-state index contributed by atoms with van der Waals surface area (Å²) in [5, 5.41) is 28.3. The number of carbonyl (C=O) groups is 4. The third-order valence-corrected chi connectivity index (χ3v) is 0.680. The molecule has 1 amide bonds. The second kappa shape index (κ2) is 165. The summed E-state index contributed by atoms with van der Waals surface area (Å²) in [6, 6.07) is 0. The molecular formula is C20H54BBr2K2N3NaO10. The summed E-state index contributed by atoms with van der Waals surface area (Å²) in [5.41, 5.74) is 4.50. The number of carbonyl (C=O) groups excluding carboxylic acids is 4. The number of aliphatic hydroxyl groups excluding tert-OH is 1. The van der Waals surface area contributed by atoms with Gasteiger partial charge >= 0.3 is 132 Å². The van der Waals surface area contributed by atoms with Crippen molar-refractivity contribution in [3.05, 3.63) is 10.1 Å². The summed E-state index contributed by atoms with van der Waals surface area (Å²) in [6.07, 6.45) is 0.750. The van der Waals surface area contributed by atoms with E-state index in [0.29, 0.717) is 0 Å². The van der Waals surface area contributed by atoms with Crippen LogP contribution in [0.1, 0.15) is 65.2 Å². The zero-order valence-corrected chi connectivity index (χ0v) is 38.8. The molecule has 0 saturated carbocycles. The predicted molar refractivity (Wildman–Crippen MR) is 157 cm³/mol. The number of rotatable bonds is 2. The first-order chi connectivity index (χ1) is 15.8. The Morgan fingerprint density at radius 3 is 1.18 bits per heavy atom. The maximum Gasteiger partial charge on any atom is 1.00 e. The monoisotopic (exact) mass is 766 g/mol. The third-order valence-electron chi connectivity index (χ3n) is 0.680. The number of aliphatic hydroxyl groups is 1. The molecule has 0 heterocycles. The van der Waals surface area contributed by atoms with Crippen molar-refractivity contribution in [2.75, 3.05) is 46.8 Å². The van der Waals surface area contributed by atoms with Gasteiger partial charge in [-0.2, -0.15) is 0 Å². The number of alkyl halides is 1. The summed E-state index contributed by atoms with van der Waals surface area (Å²) in [6.45, 7) is 16.5. The van der Waals surface area contributed by atoms with Gasteiger partial charge in [-0.25, -0.2) is 0 Å². The number of hydrogen-bond donors (Lipinski definition) is 3. The number of aldehydes is 1. The summed E-state index contributed by atoms with van der Waals surface area (Å²) in [5.74, 6) is 0.171. The molecule has 0 spiro atoms. The molecule has 0 aromatic rings. The number of hydrogen-bond acceptors (Lipinski definition) is 11. The van der Waals surface area contributed by atoms with Crippen molar-refractivity contribution >= 4 is 65.8 Å². The Bertz CT molecular complexity index is 344. The summed E-state index contributed by atoms with van der Waals surface area (Å²) >= 11 is 3.15. The average molecular weight is 768 g/mol. The van der Waals surface area contributed by atoms with Crippen molar-refractivity contribution in [1.29, 1.82) is 0 Å². The Balaban J connectivity index is -0.0000000103. The maximum atomic E-state index is 9.70. The largest absolute Gasteiger partial charge is 1.00 e. The predicted octanol–water partition coefficient (Wildman–Crippen LogP) is -7.03. The summed E-state index contributed by atoms with van der Waals surface area (Å²) in [4.78, 5) is 47.5. The van der Waals surface area contributed by atoms with Crippen molar-refractivity contribution < 1.29 is 179 Å². The first kappa shape index (κ1) is 96.9. The molecule has 0 fully saturated rings. The molecule has 0 aromatic heterocycles. The fourth-order valence-corrected chi connectivity index (χ4v) is 0. The average Bonchev–Trinajstić information content (AvgIpc) is 2.77. The third kappa shape index (κ3) is 1320. The van der Waals surface area contributed by atoms with Crippen LogP contribution in [-0.4, -0.2) is 89.7 Å². The van der Waals surface area contributed by atoms with Crippen molar-refractivity contribution in [1.82, 2.24) is 5.32 Å². The van der Waals surface area contributed by atoms with E-state index in [0.717, 1.165) is 25.3 Å². The van der Waals surface area contributed by atoms with E-state index in [2.05, 4.69) is 36.6 Å². The molecule has 4 N–H and O–H groups in total. The van der Waals surface area contributed by atoms with Crippen LogP contribution in [0.2, 0.25) is 0 Å². The van der Waals surface area contributed by atoms with E-state index in [4.69, 9.17) is 30.1 Å². The van der Waals surface area contributed by atoms with E-state index in [9.17, 15) is 9.59 Å². The van der Waals surface area contributed by atoms with Crippen molar-refractivity contribution in [3.8, 4) is 0 Å². The molecule has 0 bridgehead atoms. The molecule has 0 saturated heterocycles. The number of ether oxygens (including phenoxy) is 1. The SMILES string of the molecule is Br.CC.CC(C)=O.CC=O.CCBr.CCO.CCOC.CN.CNC(C)=O.C[N+](=O)[O-].O=CO[O-].[B].[H-].[H-].[K+].[K+].[Na+]. The molecule has 39 heavy (non-hydrogen) atoms. The van der Waals surface area contributed by atoms with E-state index >= 15 is 0 Å². The topological polar surface area (TPSA) is 211 Å². The van der Waals surface area contributed by atoms with Gasteiger partial charge < -0.3 is 43.5 Å². The van der Waals surface area contributed by atoms with Gasteiger partial charge in [-0.15, -0.1) is 17.0 Å². The molecule has 13 nitrogen and oxygen atoms in total. The number of Topliss-reactive ketones (excluding diaryl/α,β-unsaturated/α-hetero) is 1. The van der Waals surface area contributed by atoms with Gasteiger partial charge in [0, 0.05) is 53.0 Å². The van der Waals surface area contributed by atoms with Crippen LogP contribution in [0.4, 0.5) is 0 Å². The van der Waals surface area contributed by atoms with Gasteiger partial charge in [0.1, 0.15) is 12.1 Å². The van der Waals surface area contributed by atoms with Crippen LogP contribution in [0.15, 0.2) is 0 Å². The van der Waals surface area contributed by atoms with Gasteiger partial charge in [0.25, 0.3) is 6.47 Å². The molecule has 0 unspecified atom stereocenters. The standard InChI is InChI=1S/C3H7NO.C3H8O.C3H6O.C2H5Br.C2H6O.C2H4O.C2H6.CH3NO2.CH5N.CH2O3.B.BrH.2K.Na.2H/c1-3(5)4-2;1-3-4-2;1-3(2)4;3*1-2-3;1-2;1-2(3)4;1-2;2-1-4-3;;;;;;;/h1-2H3,(H,4,5);3H2,1-2H3;1-2H3;2H2,1H3;3H,2H2,1H3;2H,1H3;1-2H3;1H3;2H2,1H3;1,3H;;1H;;;;;/q;;;;;;;;;;;;3*+1;2*-1/p-1. The molecular weight excluding hydrogens is 714 g/mol. The Morgan fingerprint density at radius 1 is 1.10 bits per heavy atom. The zero-order chi connectivity index (χ0) is 30.4. The molecule has 3 radical (unpaired) electrons. The molecule has 0 aromatic carbocycles. The van der Waals surface area contributed by atoms with E-state index in [1.165, 1.54) is 34.7 Å². The normalized spacial score (nSPS) is 5.05. The molecule has 0 aliphatic carbocycles. The number of nitrogens with zero attached hydrogens (tertiary/aromatic N) is 1. The first-order valence-corrected chi connectivity index (χ1v) is 11.0. The van der Waals surface area contributed by atoms with Crippen LogP contribution in [0.5, 0.6) is 0 Å². The van der Waals surface area contributed by atoms with Crippen LogP contribution in [-0.2, 0) is 28.8 Å². The second-order valence-electron chi connectivity index (χ2n) is 3.74. The fraction of sp³-hybridized carbons (Fsp3) is 0.800. The molecule has 229 valence electrons. The molecule has 0 atom stereocenters. The number of amides is 1. The number of nitro groups is 1. The fourth-order valence-electron chi connectivity index (χ4n) is 0. The van der Waals surface area contributed by atoms with E-state index in [1.54, 1.807) is 21.1 Å². The van der Waals surface area contributed by atoms with Gasteiger partial charge in [-0.05, 0) is 41.7 Å². The minimum atomic E-state index is -0.500. The summed E-state index contributed by atoms with van der Waals surface area (Å²) in [7, 11) is 5.67. The Morgan fingerprint density at radius 2 is 1.18 bits per heavy atom. The Kier molecular flexibility index (Phi) is 409. The van der Waals surface area contributed by atoms with Crippen LogP contribution in [0, 0.1) is 10.1 Å². The van der Waals surface area contributed by atoms with Gasteiger partial charge in [0.2, 0.25) is 5.91 Å². The van der Waals surface area contributed by atoms with Crippen LogP contribution < -0.4 is 149 Å². The molecule has 0 aliphatic heterocycles. The van der Waals surface area contributed by atoms with Gasteiger partial charge in [-0.3, -0.25) is 19.7 Å². The van der Waals surface area contributed by atoms with Crippen molar-refractivity contribution in [2.45, 2.75) is 62.3 Å². The number of ketones is 1. The van der Waals surface area contributed by atoms with Crippen molar-refractivity contribution in [3.63, 3.8) is 0 Å². The minimum Gasteiger partial charge on any atom is -1.00 e. The van der Waals surface area contributed by atoms with E-state index in [1.807, 2.05) is 27.7 Å². The number of methoxy groups -OCH3 is 1. The van der Waals surface area contributed by atoms with Crippen LogP contribution in [0.25, 0.3) is 0 Å². The smallest absolute Gasteiger partial charge is 1.00 e. The quantitative estimate of drug-likeness (QED) is 0.0601. The van der Waals surface area contributed by atoms with Crippen molar-refractivity contribution in [2.24, 2.45) is 5.73 Å². The van der Waals surface area contributed by atoms with Crippen LogP contribution in [0.3, 0.4) is 0 Å². The first-order valence-electron chi connectivity index (χ1n) is 9.90. The second-order valence-corrected chi connectivity index (χ2v) is 4.86. The van der Waals surface area contributed by atoms with Gasteiger partial charge in [-0.1, -0.05) is 36.7 Å². The molecule has 0 aliphatic rings. The maximum absolute atomic E-state index is 9.70. The van der Waals surface area contributed by atoms with Gasteiger partial charge in [0.15, 0.2) is 7.05 Å². The number of nitrogens with two attached hydrogens (primary N) is 1. The summed E-state index contributed by atoms with van der Waals surface area (Å²) < 4.78 is 4.54. The minimum absolute atomic E-state index is 0. The Hall–Kier alpha value is 2.82. The molecule has 19 heteroatoms. The van der Waals surface area contributed by atoms with E-state index < -0.39 is 4.92 Å². The number of nitrogens with one attached hydrogen (secondary N) is 1. The van der Waals surface area contributed by atoms with Gasteiger partial charge in [0.05, 0.1) is 0 Å². The Labute approximate surface area is 369 Å². The number of halogens is 2. The zero-order valence-electron chi connectivity index (χ0n) is 29.3.